The Morgan fingerprint density at radius 3 is 1.42 bits per heavy atom. The topological polar surface area (TPSA) is 56.7 Å². The van der Waals surface area contributed by atoms with Crippen molar-refractivity contribution < 1.29 is 4.42 Å². The van der Waals surface area contributed by atoms with E-state index in [1.807, 2.05) is 48.5 Å². The highest BCUT2D eigenvalue weighted by atomic mass is 16.3. The number of fused-ring (bicyclic) bond motifs is 6. The third kappa shape index (κ3) is 6.23. The Morgan fingerprint density at radius 2 is 0.742 bits per heavy atom. The van der Waals surface area contributed by atoms with Gasteiger partial charge >= 0.3 is 0 Å². The summed E-state index contributed by atoms with van der Waals surface area (Å²) >= 11 is 0. The second-order valence-electron chi connectivity index (χ2n) is 15.6. The zero-order valence-electron chi connectivity index (χ0n) is 33.5. The lowest BCUT2D eigenvalue weighted by atomic mass is 9.99. The van der Waals surface area contributed by atoms with E-state index >= 15 is 0 Å². The quantitative estimate of drug-likeness (QED) is 0.161. The zero-order chi connectivity index (χ0) is 41.0. The van der Waals surface area contributed by atoms with Gasteiger partial charge in [0, 0.05) is 43.9 Å². The molecule has 0 unspecified atom stereocenters. The first kappa shape index (κ1) is 35.5. The van der Waals surface area contributed by atoms with E-state index in [1.54, 1.807) is 0 Å². The molecule has 5 heteroatoms. The van der Waals surface area contributed by atoms with Crippen molar-refractivity contribution in [3.05, 3.63) is 218 Å². The van der Waals surface area contributed by atoms with Gasteiger partial charge in [-0.15, -0.1) is 0 Å². The van der Waals surface area contributed by atoms with Gasteiger partial charge in [-0.1, -0.05) is 164 Å². The van der Waals surface area contributed by atoms with E-state index in [9.17, 15) is 0 Å². The normalized spacial score (nSPS) is 11.5. The molecule has 0 radical (unpaired) electrons. The molecule has 0 fully saturated rings. The van der Waals surface area contributed by atoms with Crippen LogP contribution in [0.15, 0.2) is 223 Å². The number of furan rings is 1. The molecule has 62 heavy (non-hydrogen) atoms. The van der Waals surface area contributed by atoms with Crippen molar-refractivity contribution in [2.75, 3.05) is 0 Å². The molecule has 0 saturated carbocycles. The van der Waals surface area contributed by atoms with Gasteiger partial charge in [-0.05, 0) is 88.0 Å². The Balaban J connectivity index is 0.969. The molecular weight excluding hydrogens is 757 g/mol. The van der Waals surface area contributed by atoms with Crippen LogP contribution in [0.2, 0.25) is 0 Å². The second kappa shape index (κ2) is 14.7. The molecule has 0 N–H and O–H groups in total. The predicted molar refractivity (Wildman–Crippen MR) is 254 cm³/mol. The first-order chi connectivity index (χ1) is 30.7. The van der Waals surface area contributed by atoms with Crippen LogP contribution in [-0.4, -0.2) is 19.5 Å². The summed E-state index contributed by atoms with van der Waals surface area (Å²) in [7, 11) is 0. The summed E-state index contributed by atoms with van der Waals surface area (Å²) in [5.74, 6) is 1.84. The van der Waals surface area contributed by atoms with Gasteiger partial charge in [0.2, 0.25) is 0 Å². The Hall–Kier alpha value is -8.41. The van der Waals surface area contributed by atoms with Crippen molar-refractivity contribution in [2.24, 2.45) is 0 Å². The van der Waals surface area contributed by atoms with Crippen molar-refractivity contribution in [3.8, 4) is 73.2 Å². The molecule has 0 aliphatic heterocycles. The maximum Gasteiger partial charge on any atom is 0.164 e. The molecule has 0 aliphatic rings. The number of hydrogen-bond donors (Lipinski definition) is 0. The van der Waals surface area contributed by atoms with E-state index in [2.05, 4.69) is 174 Å². The lowest BCUT2D eigenvalue weighted by Gasteiger charge is -2.10. The Bertz CT molecular complexity index is 3590. The number of nitrogens with zero attached hydrogens (tertiary/aromatic N) is 4. The van der Waals surface area contributed by atoms with Gasteiger partial charge < -0.3 is 8.98 Å². The maximum atomic E-state index is 6.59. The van der Waals surface area contributed by atoms with Crippen LogP contribution in [0, 0.1) is 0 Å². The average molecular weight is 793 g/mol. The molecule has 0 atom stereocenters. The molecule has 0 saturated heterocycles. The zero-order valence-corrected chi connectivity index (χ0v) is 33.5. The number of hydrogen-bond acceptors (Lipinski definition) is 4. The summed E-state index contributed by atoms with van der Waals surface area (Å²) in [5, 5.41) is 4.34. The molecule has 3 heterocycles. The molecule has 3 aromatic heterocycles. The summed E-state index contributed by atoms with van der Waals surface area (Å²) in [6.45, 7) is 0. The van der Waals surface area contributed by atoms with E-state index in [1.165, 1.54) is 27.6 Å². The van der Waals surface area contributed by atoms with E-state index in [-0.39, 0.29) is 0 Å². The van der Waals surface area contributed by atoms with Crippen molar-refractivity contribution >= 4 is 43.7 Å². The SMILES string of the molecule is c1ccc(-c2ccc(-c3nc(-c4ccccc4)nc(-c4ccc5oc6cc7c8ccccc8n(-c8ccc(-c9cccc(-c%10ccccc%10)c9)cc8)c7cc6c5c4)n3)cc2)cc1. The van der Waals surface area contributed by atoms with E-state index in [0.29, 0.717) is 17.5 Å². The Labute approximate surface area is 357 Å². The summed E-state index contributed by atoms with van der Waals surface area (Å²) in [6, 6.07) is 76.4. The number of benzene rings is 9. The minimum atomic E-state index is 0.599. The van der Waals surface area contributed by atoms with E-state index < -0.39 is 0 Å². The van der Waals surface area contributed by atoms with Crippen LogP contribution < -0.4 is 0 Å². The van der Waals surface area contributed by atoms with Crippen molar-refractivity contribution in [1.82, 2.24) is 19.5 Å². The van der Waals surface area contributed by atoms with Crippen LogP contribution in [0.4, 0.5) is 0 Å². The van der Waals surface area contributed by atoms with Gasteiger partial charge in [-0.3, -0.25) is 0 Å². The minimum Gasteiger partial charge on any atom is -0.456 e. The number of aromatic nitrogens is 4. The summed E-state index contributed by atoms with van der Waals surface area (Å²) in [6.07, 6.45) is 0. The van der Waals surface area contributed by atoms with Crippen LogP contribution in [0.1, 0.15) is 0 Å². The fourth-order valence-electron chi connectivity index (χ4n) is 8.76. The smallest absolute Gasteiger partial charge is 0.164 e. The van der Waals surface area contributed by atoms with Gasteiger partial charge in [-0.25, -0.2) is 15.0 Å². The molecule has 290 valence electrons. The van der Waals surface area contributed by atoms with Gasteiger partial charge in [0.05, 0.1) is 11.0 Å². The number of para-hydroxylation sites is 1. The van der Waals surface area contributed by atoms with Crippen LogP contribution in [0.3, 0.4) is 0 Å². The lowest BCUT2D eigenvalue weighted by Crippen LogP contribution is -2.00. The molecule has 0 amide bonds. The largest absolute Gasteiger partial charge is 0.456 e. The highest BCUT2D eigenvalue weighted by Gasteiger charge is 2.19. The minimum absolute atomic E-state index is 0.599. The lowest BCUT2D eigenvalue weighted by molar-refractivity contribution is 0.669. The van der Waals surface area contributed by atoms with Crippen molar-refractivity contribution in [1.29, 1.82) is 0 Å². The third-order valence-corrected chi connectivity index (χ3v) is 11.9. The van der Waals surface area contributed by atoms with Crippen LogP contribution in [0.5, 0.6) is 0 Å². The van der Waals surface area contributed by atoms with Crippen molar-refractivity contribution in [2.45, 2.75) is 0 Å². The monoisotopic (exact) mass is 792 g/mol. The van der Waals surface area contributed by atoms with Crippen molar-refractivity contribution in [3.63, 3.8) is 0 Å². The van der Waals surface area contributed by atoms with Gasteiger partial charge in [-0.2, -0.15) is 0 Å². The van der Waals surface area contributed by atoms with Crippen LogP contribution in [-0.2, 0) is 0 Å². The Kier molecular flexibility index (Phi) is 8.42. The molecular formula is C57H36N4O. The summed E-state index contributed by atoms with van der Waals surface area (Å²) in [4.78, 5) is 15.2. The van der Waals surface area contributed by atoms with Crippen LogP contribution >= 0.6 is 0 Å². The summed E-state index contributed by atoms with van der Waals surface area (Å²) < 4.78 is 8.96. The first-order valence-electron chi connectivity index (χ1n) is 20.8. The third-order valence-electron chi connectivity index (χ3n) is 11.9. The molecule has 5 nitrogen and oxygen atoms in total. The molecule has 0 aliphatic carbocycles. The molecule has 0 spiro atoms. The fraction of sp³-hybridized carbons (Fsp3) is 0. The highest BCUT2D eigenvalue weighted by Crippen LogP contribution is 2.40. The molecule has 0 bridgehead atoms. The average Bonchev–Trinajstić information content (AvgIpc) is 3.88. The molecule has 12 rings (SSSR count). The summed E-state index contributed by atoms with van der Waals surface area (Å²) in [5.41, 5.74) is 14.8. The van der Waals surface area contributed by atoms with E-state index in [0.717, 1.165) is 71.9 Å². The molecule has 9 aromatic carbocycles. The Morgan fingerprint density at radius 1 is 0.274 bits per heavy atom. The number of rotatable bonds is 7. The van der Waals surface area contributed by atoms with Gasteiger partial charge in [0.1, 0.15) is 11.2 Å². The fourth-order valence-corrected chi connectivity index (χ4v) is 8.76. The van der Waals surface area contributed by atoms with Gasteiger partial charge in [0.25, 0.3) is 0 Å². The highest BCUT2D eigenvalue weighted by molar-refractivity contribution is 6.17. The maximum absolute atomic E-state index is 6.59. The van der Waals surface area contributed by atoms with E-state index in [4.69, 9.17) is 19.4 Å². The van der Waals surface area contributed by atoms with Gasteiger partial charge in [0.15, 0.2) is 17.5 Å². The van der Waals surface area contributed by atoms with Crippen LogP contribution in [0.25, 0.3) is 117 Å². The first-order valence-corrected chi connectivity index (χ1v) is 20.8. The second-order valence-corrected chi connectivity index (χ2v) is 15.6. The molecule has 12 aromatic rings. The predicted octanol–water partition coefficient (Wildman–Crippen LogP) is 14.9. The standard InChI is InChI=1S/C57H36N4O/c1-4-13-37(14-5-1)39-23-25-42(26-24-39)56-58-55(41-17-8-3-9-18-41)59-57(60-56)45-29-32-53-49(34-45)50-35-52-48(36-54(50)62-53)47-21-10-11-22-51(47)61(52)46-30-27-40(28-31-46)44-20-12-19-43(33-44)38-15-6-2-7-16-38/h1-36H.